The Hall–Kier alpha value is -0.910. The Morgan fingerprint density at radius 3 is 3.05 bits per heavy atom. The molecule has 3 aliphatic rings. The summed E-state index contributed by atoms with van der Waals surface area (Å²) in [6, 6.07) is 5.11. The maximum Gasteiger partial charge on any atom is 0.223 e. The molecule has 5 heteroatoms. The van der Waals surface area contributed by atoms with Crippen LogP contribution in [0.4, 0.5) is 0 Å². The molecule has 2 heterocycles. The van der Waals surface area contributed by atoms with Crippen molar-refractivity contribution in [3.8, 4) is 0 Å². The highest BCUT2D eigenvalue weighted by molar-refractivity contribution is 7.12. The number of carbonyl (C=O) groups excluding carboxylic acids is 1. The van der Waals surface area contributed by atoms with E-state index in [1.54, 1.807) is 0 Å². The summed E-state index contributed by atoms with van der Waals surface area (Å²) in [6.45, 7) is 5.62. The molecule has 4 rings (SSSR count). The first kappa shape index (κ1) is 14.7. The van der Waals surface area contributed by atoms with Gasteiger partial charge >= 0.3 is 0 Å². The molecule has 120 valence electrons. The minimum Gasteiger partial charge on any atom is -0.374 e. The number of nitrogens with one attached hydrogen (secondary N) is 1. The molecule has 0 spiro atoms. The van der Waals surface area contributed by atoms with Crippen molar-refractivity contribution in [3.05, 3.63) is 21.9 Å². The van der Waals surface area contributed by atoms with Gasteiger partial charge in [-0.1, -0.05) is 0 Å². The fourth-order valence-corrected chi connectivity index (χ4v) is 4.49. The highest BCUT2D eigenvalue weighted by atomic mass is 32.1. The number of rotatable bonds is 5. The summed E-state index contributed by atoms with van der Waals surface area (Å²) in [4.78, 5) is 17.5. The Morgan fingerprint density at radius 1 is 1.45 bits per heavy atom. The Labute approximate surface area is 135 Å². The summed E-state index contributed by atoms with van der Waals surface area (Å²) in [7, 11) is 0. The average Bonchev–Trinajstić information content (AvgIpc) is 3.43. The van der Waals surface area contributed by atoms with Crippen LogP contribution in [0.2, 0.25) is 0 Å². The first-order valence-electron chi connectivity index (χ1n) is 8.40. The number of amides is 1. The van der Waals surface area contributed by atoms with Crippen molar-refractivity contribution >= 4 is 17.2 Å². The van der Waals surface area contributed by atoms with Crippen LogP contribution in [0, 0.1) is 12.8 Å². The standard InChI is InChI=1S/C17H24N2O2S/c1-11-2-5-16(22-11)14-8-15(14)17(20)18-9-13-10-19(6-7-21-13)12-3-4-12/h2,5,12-15H,3-4,6-10H2,1H3,(H,18,20)/t13-,14-,15-/m1/s1. The van der Waals surface area contributed by atoms with Crippen molar-refractivity contribution in [1.29, 1.82) is 0 Å². The number of morpholine rings is 1. The van der Waals surface area contributed by atoms with Crippen LogP contribution in [-0.4, -0.2) is 49.2 Å². The fraction of sp³-hybridized carbons (Fsp3) is 0.706. The molecule has 0 bridgehead atoms. The highest BCUT2D eigenvalue weighted by Crippen LogP contribution is 2.49. The van der Waals surface area contributed by atoms with Gasteiger partial charge in [-0.05, 0) is 38.3 Å². The van der Waals surface area contributed by atoms with Gasteiger partial charge < -0.3 is 10.1 Å². The van der Waals surface area contributed by atoms with Gasteiger partial charge in [-0.3, -0.25) is 9.69 Å². The fourth-order valence-electron chi connectivity index (χ4n) is 3.43. The van der Waals surface area contributed by atoms with Gasteiger partial charge in [-0.2, -0.15) is 0 Å². The third kappa shape index (κ3) is 3.21. The van der Waals surface area contributed by atoms with Crippen molar-refractivity contribution < 1.29 is 9.53 Å². The number of thiophene rings is 1. The minimum absolute atomic E-state index is 0.166. The third-order valence-electron chi connectivity index (χ3n) is 4.99. The van der Waals surface area contributed by atoms with Crippen LogP contribution in [0.25, 0.3) is 0 Å². The van der Waals surface area contributed by atoms with Crippen molar-refractivity contribution in [2.45, 2.75) is 44.2 Å². The highest BCUT2D eigenvalue weighted by Gasteiger charge is 2.44. The maximum atomic E-state index is 12.3. The maximum absolute atomic E-state index is 12.3. The number of aryl methyl sites for hydroxylation is 1. The zero-order valence-corrected chi connectivity index (χ0v) is 13.9. The van der Waals surface area contributed by atoms with Gasteiger partial charge in [0.1, 0.15) is 0 Å². The van der Waals surface area contributed by atoms with Crippen LogP contribution in [0.5, 0.6) is 0 Å². The molecule has 2 aliphatic carbocycles. The molecule has 3 fully saturated rings. The first-order valence-corrected chi connectivity index (χ1v) is 9.22. The zero-order chi connectivity index (χ0) is 15.1. The summed E-state index contributed by atoms with van der Waals surface area (Å²) < 4.78 is 5.80. The lowest BCUT2D eigenvalue weighted by Crippen LogP contribution is -2.48. The lowest BCUT2D eigenvalue weighted by Gasteiger charge is -2.33. The summed E-state index contributed by atoms with van der Waals surface area (Å²) in [5, 5.41) is 3.11. The van der Waals surface area contributed by atoms with E-state index in [4.69, 9.17) is 4.74 Å². The normalized spacial score (nSPS) is 32.0. The average molecular weight is 320 g/mol. The second-order valence-electron chi connectivity index (χ2n) is 6.86. The predicted molar refractivity (Wildman–Crippen MR) is 87.2 cm³/mol. The first-order chi connectivity index (χ1) is 10.7. The summed E-state index contributed by atoms with van der Waals surface area (Å²) in [5.74, 6) is 0.846. The largest absolute Gasteiger partial charge is 0.374 e. The van der Waals surface area contributed by atoms with Crippen LogP contribution < -0.4 is 5.32 Å². The van der Waals surface area contributed by atoms with Crippen LogP contribution in [0.1, 0.15) is 34.9 Å². The van der Waals surface area contributed by atoms with E-state index in [2.05, 4.69) is 29.3 Å². The van der Waals surface area contributed by atoms with Gasteiger partial charge in [-0.15, -0.1) is 11.3 Å². The zero-order valence-electron chi connectivity index (χ0n) is 13.1. The molecule has 22 heavy (non-hydrogen) atoms. The monoisotopic (exact) mass is 320 g/mol. The van der Waals surface area contributed by atoms with E-state index in [0.29, 0.717) is 12.5 Å². The quantitative estimate of drug-likeness (QED) is 0.904. The summed E-state index contributed by atoms with van der Waals surface area (Å²) in [5.41, 5.74) is 0. The molecule has 1 aromatic heterocycles. The molecule has 0 radical (unpaired) electrons. The summed E-state index contributed by atoms with van der Waals surface area (Å²) in [6.07, 6.45) is 3.84. The van der Waals surface area contributed by atoms with Crippen molar-refractivity contribution in [2.24, 2.45) is 5.92 Å². The second-order valence-corrected chi connectivity index (χ2v) is 8.18. The molecule has 1 saturated heterocycles. The molecule has 4 nitrogen and oxygen atoms in total. The Morgan fingerprint density at radius 2 is 2.32 bits per heavy atom. The van der Waals surface area contributed by atoms with E-state index in [9.17, 15) is 4.79 Å². The van der Waals surface area contributed by atoms with Crippen molar-refractivity contribution in [2.75, 3.05) is 26.2 Å². The Bertz CT molecular complexity index is 555. The third-order valence-corrected chi connectivity index (χ3v) is 6.12. The van der Waals surface area contributed by atoms with E-state index in [0.717, 1.165) is 32.2 Å². The van der Waals surface area contributed by atoms with Crippen LogP contribution in [-0.2, 0) is 9.53 Å². The molecule has 1 aromatic rings. The van der Waals surface area contributed by atoms with Gasteiger partial charge in [0.05, 0.1) is 12.7 Å². The van der Waals surface area contributed by atoms with E-state index < -0.39 is 0 Å². The molecule has 1 amide bonds. The van der Waals surface area contributed by atoms with Crippen LogP contribution >= 0.6 is 11.3 Å². The van der Waals surface area contributed by atoms with E-state index in [1.165, 1.54) is 22.6 Å². The molecular weight excluding hydrogens is 296 g/mol. The number of hydrogen-bond donors (Lipinski definition) is 1. The number of nitrogens with zero attached hydrogens (tertiary/aromatic N) is 1. The number of ether oxygens (including phenoxy) is 1. The van der Waals surface area contributed by atoms with Gasteiger partial charge in [0.25, 0.3) is 0 Å². The minimum atomic E-state index is 0.166. The predicted octanol–water partition coefficient (Wildman–Crippen LogP) is 2.14. The van der Waals surface area contributed by atoms with Crippen molar-refractivity contribution in [3.63, 3.8) is 0 Å². The summed E-state index contributed by atoms with van der Waals surface area (Å²) >= 11 is 1.82. The lowest BCUT2D eigenvalue weighted by atomic mass is 10.2. The van der Waals surface area contributed by atoms with Gasteiger partial charge in [0.15, 0.2) is 0 Å². The molecular formula is C17H24N2O2S. The van der Waals surface area contributed by atoms with E-state index in [1.807, 2.05) is 11.3 Å². The van der Waals surface area contributed by atoms with E-state index in [-0.39, 0.29) is 17.9 Å². The topological polar surface area (TPSA) is 41.6 Å². The van der Waals surface area contributed by atoms with Crippen LogP contribution in [0.3, 0.4) is 0 Å². The second kappa shape index (κ2) is 5.95. The molecule has 1 N–H and O–H groups in total. The van der Waals surface area contributed by atoms with Gasteiger partial charge in [0, 0.05) is 47.3 Å². The van der Waals surface area contributed by atoms with Gasteiger partial charge in [0.2, 0.25) is 5.91 Å². The van der Waals surface area contributed by atoms with Crippen LogP contribution in [0.15, 0.2) is 12.1 Å². The van der Waals surface area contributed by atoms with E-state index >= 15 is 0 Å². The lowest BCUT2D eigenvalue weighted by molar-refractivity contribution is -0.123. The molecule has 0 aromatic carbocycles. The molecule has 3 atom stereocenters. The smallest absolute Gasteiger partial charge is 0.223 e. The SMILES string of the molecule is Cc1ccc([C@@H]2C[C@H]2C(=O)NC[C@@H]2CN(C3CC3)CCO2)s1. The van der Waals surface area contributed by atoms with Gasteiger partial charge in [-0.25, -0.2) is 0 Å². The Kier molecular flexibility index (Phi) is 3.96. The number of hydrogen-bond acceptors (Lipinski definition) is 4. The molecule has 0 unspecified atom stereocenters. The Balaban J connectivity index is 1.23. The van der Waals surface area contributed by atoms with Crippen molar-refractivity contribution in [1.82, 2.24) is 10.2 Å². The molecule has 1 aliphatic heterocycles. The molecule has 2 saturated carbocycles. The number of carbonyl (C=O) groups is 1.